The van der Waals surface area contributed by atoms with Crippen molar-refractivity contribution >= 4 is 22.8 Å². The minimum absolute atomic E-state index is 0.154. The van der Waals surface area contributed by atoms with Gasteiger partial charge in [-0.3, -0.25) is 14.2 Å². The second-order valence-corrected chi connectivity index (χ2v) is 6.55. The topological polar surface area (TPSA) is 68.5 Å². The Hall–Kier alpha value is -3.29. The van der Waals surface area contributed by atoms with Crippen molar-refractivity contribution in [1.82, 2.24) is 4.57 Å². The normalized spacial score (nSPS) is 11.6. The minimum Gasteiger partial charge on any atom is -0.481 e. The fourth-order valence-electron chi connectivity index (χ4n) is 3.31. The van der Waals surface area contributed by atoms with E-state index < -0.39 is 24.0 Å². The third-order valence-corrected chi connectivity index (χ3v) is 4.67. The van der Waals surface area contributed by atoms with Crippen molar-refractivity contribution in [2.45, 2.75) is 33.1 Å². The summed E-state index contributed by atoms with van der Waals surface area (Å²) >= 11 is 0. The Morgan fingerprint density at radius 1 is 1.10 bits per heavy atom. The number of nitrogens with zero attached hydrogens (tertiary/aromatic N) is 1. The van der Waals surface area contributed by atoms with Crippen molar-refractivity contribution in [1.29, 1.82) is 0 Å². The summed E-state index contributed by atoms with van der Waals surface area (Å²) in [4.78, 5) is 24.4. The van der Waals surface area contributed by atoms with Gasteiger partial charge in [-0.1, -0.05) is 13.0 Å². The lowest BCUT2D eigenvalue weighted by Gasteiger charge is -2.10. The molecule has 5 nitrogen and oxygen atoms in total. The summed E-state index contributed by atoms with van der Waals surface area (Å²) in [5, 5.41) is 9.94. The van der Waals surface area contributed by atoms with Crippen LogP contribution < -0.4 is 4.74 Å². The van der Waals surface area contributed by atoms with Gasteiger partial charge in [0.1, 0.15) is 5.75 Å². The van der Waals surface area contributed by atoms with Crippen molar-refractivity contribution in [3.63, 3.8) is 0 Å². The second-order valence-electron chi connectivity index (χ2n) is 6.55. The Bertz CT molecular complexity index is 1080. The zero-order valence-electron chi connectivity index (χ0n) is 15.7. The molecule has 1 N–H and O–H groups in total. The van der Waals surface area contributed by atoms with Crippen LogP contribution >= 0.6 is 0 Å². The van der Waals surface area contributed by atoms with Crippen LogP contribution in [0.15, 0.2) is 42.5 Å². The van der Waals surface area contributed by atoms with Crippen LogP contribution in [0.5, 0.6) is 5.75 Å². The standard InChI is InChI=1S/C21H18F3NO4/c1-3-13-4-9-18-17(10-13)16(11-19(26)27)12(2)25(18)20(28)14-5-7-15(8-6-14)29-21(22,23)24/h4-10H,3,11H2,1-2H3,(H,26,27). The molecule has 0 fully saturated rings. The van der Waals surface area contributed by atoms with E-state index in [9.17, 15) is 27.9 Å². The lowest BCUT2D eigenvalue weighted by molar-refractivity contribution is -0.274. The molecule has 0 bridgehead atoms. The molecule has 152 valence electrons. The first kappa shape index (κ1) is 20.4. The number of hydrogen-bond donors (Lipinski definition) is 1. The van der Waals surface area contributed by atoms with Crippen LogP contribution in [-0.2, 0) is 17.6 Å². The molecule has 0 saturated heterocycles. The average molecular weight is 405 g/mol. The highest BCUT2D eigenvalue weighted by Gasteiger charge is 2.31. The van der Waals surface area contributed by atoms with E-state index in [0.29, 0.717) is 22.2 Å². The van der Waals surface area contributed by atoms with Gasteiger partial charge in [-0.25, -0.2) is 0 Å². The first-order chi connectivity index (χ1) is 13.6. The summed E-state index contributed by atoms with van der Waals surface area (Å²) in [7, 11) is 0. The number of aryl methyl sites for hydroxylation is 1. The number of carboxylic acids is 1. The summed E-state index contributed by atoms with van der Waals surface area (Å²) in [5.74, 6) is -1.91. The molecule has 0 aliphatic carbocycles. The Morgan fingerprint density at radius 2 is 1.76 bits per heavy atom. The maximum atomic E-state index is 13.1. The third-order valence-electron chi connectivity index (χ3n) is 4.67. The highest BCUT2D eigenvalue weighted by atomic mass is 19.4. The van der Waals surface area contributed by atoms with Crippen molar-refractivity contribution in [2.24, 2.45) is 0 Å². The first-order valence-electron chi connectivity index (χ1n) is 8.86. The Balaban J connectivity index is 2.08. The molecule has 29 heavy (non-hydrogen) atoms. The SMILES string of the molecule is CCc1ccc2c(c1)c(CC(=O)O)c(C)n2C(=O)c1ccc(OC(F)(F)F)cc1. The van der Waals surface area contributed by atoms with Gasteiger partial charge in [0.2, 0.25) is 0 Å². The highest BCUT2D eigenvalue weighted by molar-refractivity contribution is 6.04. The average Bonchev–Trinajstić information content (AvgIpc) is 2.91. The van der Waals surface area contributed by atoms with E-state index in [2.05, 4.69) is 4.74 Å². The zero-order valence-corrected chi connectivity index (χ0v) is 15.7. The van der Waals surface area contributed by atoms with Gasteiger partial charge in [0.05, 0.1) is 11.9 Å². The predicted molar refractivity (Wildman–Crippen MR) is 100 cm³/mol. The van der Waals surface area contributed by atoms with Gasteiger partial charge < -0.3 is 9.84 Å². The van der Waals surface area contributed by atoms with Gasteiger partial charge in [-0.2, -0.15) is 0 Å². The van der Waals surface area contributed by atoms with Crippen molar-refractivity contribution in [3.8, 4) is 5.75 Å². The molecule has 8 heteroatoms. The third kappa shape index (κ3) is 4.26. The summed E-state index contributed by atoms with van der Waals surface area (Å²) in [5.41, 5.74) is 2.73. The number of aromatic nitrogens is 1. The van der Waals surface area contributed by atoms with Gasteiger partial charge in [0, 0.05) is 16.6 Å². The Morgan fingerprint density at radius 3 is 2.31 bits per heavy atom. The molecular weight excluding hydrogens is 387 g/mol. The van der Waals surface area contributed by atoms with Gasteiger partial charge >= 0.3 is 12.3 Å². The van der Waals surface area contributed by atoms with Crippen LogP contribution in [0, 0.1) is 6.92 Å². The van der Waals surface area contributed by atoms with Gasteiger partial charge in [0.25, 0.3) is 5.91 Å². The molecule has 0 aliphatic rings. The summed E-state index contributed by atoms with van der Waals surface area (Å²) in [6.45, 7) is 3.63. The van der Waals surface area contributed by atoms with Crippen LogP contribution in [0.1, 0.15) is 34.1 Å². The summed E-state index contributed by atoms with van der Waals surface area (Å²) in [6.07, 6.45) is -4.31. The predicted octanol–water partition coefficient (Wildman–Crippen LogP) is 4.73. The number of hydrogen-bond acceptors (Lipinski definition) is 3. The zero-order chi connectivity index (χ0) is 21.3. The molecule has 3 aromatic rings. The fraction of sp³-hybridized carbons (Fsp3) is 0.238. The fourth-order valence-corrected chi connectivity index (χ4v) is 3.31. The van der Waals surface area contributed by atoms with Crippen molar-refractivity contribution in [3.05, 3.63) is 64.8 Å². The second kappa shape index (κ2) is 7.62. The number of aliphatic carboxylic acids is 1. The molecule has 0 amide bonds. The van der Waals surface area contributed by atoms with E-state index in [-0.39, 0.29) is 12.0 Å². The van der Waals surface area contributed by atoms with Crippen LogP contribution in [-0.4, -0.2) is 27.9 Å². The number of carboxylic acid groups (broad SMARTS) is 1. The number of carbonyl (C=O) groups is 2. The molecule has 0 saturated carbocycles. The van der Waals surface area contributed by atoms with E-state index in [1.165, 1.54) is 16.7 Å². The van der Waals surface area contributed by atoms with E-state index in [1.807, 2.05) is 19.1 Å². The molecule has 0 unspecified atom stereocenters. The van der Waals surface area contributed by atoms with E-state index in [0.717, 1.165) is 24.1 Å². The van der Waals surface area contributed by atoms with Crippen LogP contribution in [0.3, 0.4) is 0 Å². The number of rotatable bonds is 5. The van der Waals surface area contributed by atoms with Gasteiger partial charge in [0.15, 0.2) is 0 Å². The van der Waals surface area contributed by atoms with Crippen molar-refractivity contribution in [2.75, 3.05) is 0 Å². The maximum Gasteiger partial charge on any atom is 0.573 e. The quantitative estimate of drug-likeness (QED) is 0.667. The highest BCUT2D eigenvalue weighted by Crippen LogP contribution is 2.29. The molecular formula is C21H18F3NO4. The lowest BCUT2D eigenvalue weighted by atomic mass is 10.0. The monoisotopic (exact) mass is 405 g/mol. The number of benzene rings is 2. The molecule has 3 rings (SSSR count). The number of fused-ring (bicyclic) bond motifs is 1. The largest absolute Gasteiger partial charge is 0.573 e. The first-order valence-corrected chi connectivity index (χ1v) is 8.86. The molecule has 1 aromatic heterocycles. The van der Waals surface area contributed by atoms with E-state index >= 15 is 0 Å². The van der Waals surface area contributed by atoms with Crippen LogP contribution in [0.2, 0.25) is 0 Å². The lowest BCUT2D eigenvalue weighted by Crippen LogP contribution is -2.17. The molecule has 0 atom stereocenters. The number of alkyl halides is 3. The number of carbonyl (C=O) groups excluding carboxylic acids is 1. The van der Waals surface area contributed by atoms with Crippen LogP contribution in [0.4, 0.5) is 13.2 Å². The number of halogens is 3. The Labute approximate surface area is 164 Å². The number of ether oxygens (including phenoxy) is 1. The molecule has 0 aliphatic heterocycles. The van der Waals surface area contributed by atoms with E-state index in [4.69, 9.17) is 0 Å². The van der Waals surface area contributed by atoms with Gasteiger partial charge in [-0.05, 0) is 60.9 Å². The molecule has 2 aromatic carbocycles. The maximum absolute atomic E-state index is 13.1. The van der Waals surface area contributed by atoms with E-state index in [1.54, 1.807) is 13.0 Å². The minimum atomic E-state index is -4.82. The van der Waals surface area contributed by atoms with Crippen LogP contribution in [0.25, 0.3) is 10.9 Å². The molecule has 1 heterocycles. The summed E-state index contributed by atoms with van der Waals surface area (Å²) < 4.78 is 42.2. The summed E-state index contributed by atoms with van der Waals surface area (Å²) in [6, 6.07) is 10.1. The Kier molecular flexibility index (Phi) is 5.37. The van der Waals surface area contributed by atoms with Gasteiger partial charge in [-0.15, -0.1) is 13.2 Å². The smallest absolute Gasteiger partial charge is 0.481 e. The molecule has 0 spiro atoms. The molecule has 0 radical (unpaired) electrons. The van der Waals surface area contributed by atoms with Crippen molar-refractivity contribution < 1.29 is 32.6 Å².